The lowest BCUT2D eigenvalue weighted by Crippen LogP contribution is -1.81. The van der Waals surface area contributed by atoms with Crippen molar-refractivity contribution in [1.29, 1.82) is 0 Å². The number of methoxy groups -OCH3 is 1. The summed E-state index contributed by atoms with van der Waals surface area (Å²) in [4.78, 5) is 4.15. The van der Waals surface area contributed by atoms with Crippen molar-refractivity contribution in [2.45, 2.75) is 0 Å². The molecule has 2 rings (SSSR count). The SMILES string of the molecule is COc1cocc1-c1nccs1. The molecule has 4 heteroatoms. The summed E-state index contributed by atoms with van der Waals surface area (Å²) < 4.78 is 10.1. The fourth-order valence-corrected chi connectivity index (χ4v) is 1.60. The van der Waals surface area contributed by atoms with Crippen LogP contribution in [0.5, 0.6) is 5.75 Å². The van der Waals surface area contributed by atoms with E-state index in [2.05, 4.69) is 4.98 Å². The molecule has 62 valence electrons. The number of aromatic nitrogens is 1. The monoisotopic (exact) mass is 181 g/mol. The number of hydrogen-bond donors (Lipinski definition) is 0. The molecule has 0 unspecified atom stereocenters. The predicted molar refractivity (Wildman–Crippen MR) is 46.4 cm³/mol. The van der Waals surface area contributed by atoms with Crippen LogP contribution in [0.15, 0.2) is 28.5 Å². The van der Waals surface area contributed by atoms with Crippen LogP contribution >= 0.6 is 11.3 Å². The molecule has 0 bridgehead atoms. The molecule has 0 aromatic carbocycles. The van der Waals surface area contributed by atoms with Crippen LogP contribution in [-0.4, -0.2) is 12.1 Å². The topological polar surface area (TPSA) is 35.3 Å². The van der Waals surface area contributed by atoms with Crippen LogP contribution in [0.2, 0.25) is 0 Å². The Bertz CT molecular complexity index is 353. The van der Waals surface area contributed by atoms with Crippen LogP contribution in [0, 0.1) is 0 Å². The summed E-state index contributed by atoms with van der Waals surface area (Å²) in [5, 5.41) is 2.84. The highest BCUT2D eigenvalue weighted by molar-refractivity contribution is 7.13. The zero-order valence-corrected chi connectivity index (χ0v) is 7.30. The van der Waals surface area contributed by atoms with Crippen molar-refractivity contribution >= 4 is 11.3 Å². The molecule has 0 aliphatic heterocycles. The summed E-state index contributed by atoms with van der Waals surface area (Å²) in [7, 11) is 1.61. The summed E-state index contributed by atoms with van der Waals surface area (Å²) in [5.74, 6) is 0.727. The van der Waals surface area contributed by atoms with Gasteiger partial charge in [0.1, 0.15) is 17.5 Å². The van der Waals surface area contributed by atoms with Crippen molar-refractivity contribution < 1.29 is 9.15 Å². The molecule has 0 aliphatic carbocycles. The molecular weight excluding hydrogens is 174 g/mol. The fourth-order valence-electron chi connectivity index (χ4n) is 0.956. The third kappa shape index (κ3) is 1.10. The molecule has 0 fully saturated rings. The Balaban J connectivity index is 2.46. The number of hydrogen-bond acceptors (Lipinski definition) is 4. The van der Waals surface area contributed by atoms with Gasteiger partial charge in [0.25, 0.3) is 0 Å². The van der Waals surface area contributed by atoms with E-state index >= 15 is 0 Å². The highest BCUT2D eigenvalue weighted by atomic mass is 32.1. The van der Waals surface area contributed by atoms with Gasteiger partial charge in [-0.2, -0.15) is 0 Å². The fraction of sp³-hybridized carbons (Fsp3) is 0.125. The van der Waals surface area contributed by atoms with Gasteiger partial charge < -0.3 is 9.15 Å². The minimum absolute atomic E-state index is 0.727. The molecule has 2 aromatic rings. The van der Waals surface area contributed by atoms with Gasteiger partial charge in [-0.25, -0.2) is 4.98 Å². The summed E-state index contributed by atoms with van der Waals surface area (Å²) in [6.45, 7) is 0. The zero-order valence-electron chi connectivity index (χ0n) is 6.48. The van der Waals surface area contributed by atoms with Gasteiger partial charge in [-0.1, -0.05) is 0 Å². The number of ether oxygens (including phenoxy) is 1. The van der Waals surface area contributed by atoms with E-state index in [4.69, 9.17) is 9.15 Å². The highest BCUT2D eigenvalue weighted by Gasteiger charge is 2.09. The van der Waals surface area contributed by atoms with Gasteiger partial charge >= 0.3 is 0 Å². The maximum Gasteiger partial charge on any atom is 0.167 e. The Morgan fingerprint density at radius 2 is 2.42 bits per heavy atom. The largest absolute Gasteiger partial charge is 0.493 e. The molecule has 0 saturated carbocycles. The average Bonchev–Trinajstić information content (AvgIpc) is 2.74. The zero-order chi connectivity index (χ0) is 8.39. The second-order valence-electron chi connectivity index (χ2n) is 2.19. The second-order valence-corrected chi connectivity index (χ2v) is 3.09. The van der Waals surface area contributed by atoms with E-state index in [0.717, 1.165) is 16.3 Å². The van der Waals surface area contributed by atoms with E-state index in [1.54, 1.807) is 37.2 Å². The number of thiazole rings is 1. The van der Waals surface area contributed by atoms with E-state index in [1.807, 2.05) is 5.38 Å². The quantitative estimate of drug-likeness (QED) is 0.713. The second kappa shape index (κ2) is 2.98. The molecule has 0 amide bonds. The van der Waals surface area contributed by atoms with Crippen molar-refractivity contribution in [3.63, 3.8) is 0 Å². The molecule has 0 aliphatic rings. The van der Waals surface area contributed by atoms with Crippen LogP contribution in [-0.2, 0) is 0 Å². The standard InChI is InChI=1S/C8H7NO2S/c1-10-7-5-11-4-6(7)8-9-2-3-12-8/h2-5H,1H3. The third-order valence-corrected chi connectivity index (χ3v) is 2.32. The Morgan fingerprint density at radius 1 is 1.50 bits per heavy atom. The Labute approximate surface area is 73.6 Å². The van der Waals surface area contributed by atoms with Crippen molar-refractivity contribution in [1.82, 2.24) is 4.98 Å². The number of furan rings is 1. The average molecular weight is 181 g/mol. The van der Waals surface area contributed by atoms with Crippen LogP contribution in [0.25, 0.3) is 10.6 Å². The van der Waals surface area contributed by atoms with Crippen molar-refractivity contribution in [2.24, 2.45) is 0 Å². The summed E-state index contributed by atoms with van der Waals surface area (Å²) in [5.41, 5.74) is 0.910. The maximum atomic E-state index is 5.08. The van der Waals surface area contributed by atoms with E-state index in [1.165, 1.54) is 0 Å². The smallest absolute Gasteiger partial charge is 0.167 e. The molecule has 2 heterocycles. The van der Waals surface area contributed by atoms with E-state index < -0.39 is 0 Å². The Kier molecular flexibility index (Phi) is 1.83. The molecule has 0 N–H and O–H groups in total. The third-order valence-electron chi connectivity index (χ3n) is 1.51. The lowest BCUT2D eigenvalue weighted by atomic mass is 10.3. The molecule has 3 nitrogen and oxygen atoms in total. The molecule has 0 spiro atoms. The minimum Gasteiger partial charge on any atom is -0.493 e. The Morgan fingerprint density at radius 3 is 3.08 bits per heavy atom. The first-order chi connectivity index (χ1) is 5.92. The molecule has 12 heavy (non-hydrogen) atoms. The van der Waals surface area contributed by atoms with Gasteiger partial charge in [0.2, 0.25) is 0 Å². The van der Waals surface area contributed by atoms with E-state index in [-0.39, 0.29) is 0 Å². The summed E-state index contributed by atoms with van der Waals surface area (Å²) in [6.07, 6.45) is 4.96. The van der Waals surface area contributed by atoms with E-state index in [9.17, 15) is 0 Å². The minimum atomic E-state index is 0.727. The maximum absolute atomic E-state index is 5.08. The van der Waals surface area contributed by atoms with Gasteiger partial charge in [0, 0.05) is 11.6 Å². The first kappa shape index (κ1) is 7.36. The molecular formula is C8H7NO2S. The normalized spacial score (nSPS) is 10.1. The van der Waals surface area contributed by atoms with Crippen molar-refractivity contribution in [2.75, 3.05) is 7.11 Å². The highest BCUT2D eigenvalue weighted by Crippen LogP contribution is 2.31. The van der Waals surface area contributed by atoms with Crippen LogP contribution in [0.3, 0.4) is 0 Å². The van der Waals surface area contributed by atoms with Crippen LogP contribution in [0.4, 0.5) is 0 Å². The van der Waals surface area contributed by atoms with Gasteiger partial charge in [-0.3, -0.25) is 0 Å². The van der Waals surface area contributed by atoms with Gasteiger partial charge in [-0.15, -0.1) is 11.3 Å². The molecule has 0 radical (unpaired) electrons. The van der Waals surface area contributed by atoms with Crippen molar-refractivity contribution in [3.8, 4) is 16.3 Å². The van der Waals surface area contributed by atoms with Crippen LogP contribution < -0.4 is 4.74 Å². The lowest BCUT2D eigenvalue weighted by Gasteiger charge is -1.95. The van der Waals surface area contributed by atoms with Crippen molar-refractivity contribution in [3.05, 3.63) is 24.1 Å². The van der Waals surface area contributed by atoms with Crippen LogP contribution in [0.1, 0.15) is 0 Å². The molecule has 2 aromatic heterocycles. The summed E-state index contributed by atoms with van der Waals surface area (Å²) >= 11 is 1.56. The van der Waals surface area contributed by atoms with Gasteiger partial charge in [-0.05, 0) is 0 Å². The Hall–Kier alpha value is -1.29. The summed E-state index contributed by atoms with van der Waals surface area (Å²) in [6, 6.07) is 0. The predicted octanol–water partition coefficient (Wildman–Crippen LogP) is 2.41. The number of nitrogens with zero attached hydrogens (tertiary/aromatic N) is 1. The number of rotatable bonds is 2. The van der Waals surface area contributed by atoms with E-state index in [0.29, 0.717) is 0 Å². The molecule has 0 saturated heterocycles. The first-order valence-corrected chi connectivity index (χ1v) is 4.30. The van der Waals surface area contributed by atoms with Gasteiger partial charge in [0.15, 0.2) is 5.75 Å². The van der Waals surface area contributed by atoms with Gasteiger partial charge in [0.05, 0.1) is 12.7 Å². The lowest BCUT2D eigenvalue weighted by molar-refractivity contribution is 0.407. The first-order valence-electron chi connectivity index (χ1n) is 3.42. The molecule has 0 atom stereocenters.